The van der Waals surface area contributed by atoms with E-state index < -0.39 is 75.6 Å². The van der Waals surface area contributed by atoms with Gasteiger partial charge in [0.2, 0.25) is 0 Å². The number of benzene rings is 2. The highest BCUT2D eigenvalue weighted by atomic mass is 32.1. The van der Waals surface area contributed by atoms with Gasteiger partial charge in [0.1, 0.15) is 24.6 Å². The first kappa shape index (κ1) is 44.6. The van der Waals surface area contributed by atoms with Gasteiger partial charge in [-0.2, -0.15) is 0 Å². The Hall–Kier alpha value is -4.09. The van der Waals surface area contributed by atoms with E-state index in [4.69, 9.17) is 23.7 Å². The highest BCUT2D eigenvalue weighted by Crippen LogP contribution is 2.46. The third kappa shape index (κ3) is 10.6. The largest absolute Gasteiger partial charge is 0.462 e. The summed E-state index contributed by atoms with van der Waals surface area (Å²) in [4.78, 5) is 56.7. The second-order valence-electron chi connectivity index (χ2n) is 19.1. The van der Waals surface area contributed by atoms with Crippen molar-refractivity contribution in [2.75, 3.05) is 6.61 Å². The molecule has 0 spiro atoms. The number of carbonyl (C=O) groups excluding carboxylic acids is 4. The van der Waals surface area contributed by atoms with E-state index in [1.165, 1.54) is 12.1 Å². The van der Waals surface area contributed by atoms with E-state index in [1.54, 1.807) is 113 Å². The Kier molecular flexibility index (Phi) is 13.1. The van der Waals surface area contributed by atoms with Crippen LogP contribution in [0.1, 0.15) is 118 Å². The molecule has 56 heavy (non-hydrogen) atoms. The van der Waals surface area contributed by atoms with Crippen molar-refractivity contribution >= 4 is 35.2 Å². The van der Waals surface area contributed by atoms with Gasteiger partial charge < -0.3 is 23.7 Å². The molecule has 3 aromatic rings. The molecular formula is C45H59FO9S. The molecular weight excluding hydrogens is 736 g/mol. The van der Waals surface area contributed by atoms with Crippen molar-refractivity contribution in [3.8, 4) is 10.4 Å². The number of ether oxygens (including phenoxy) is 5. The first-order valence-electron chi connectivity index (χ1n) is 19.0. The van der Waals surface area contributed by atoms with Gasteiger partial charge >= 0.3 is 23.9 Å². The molecule has 1 aromatic heterocycles. The third-order valence-corrected chi connectivity index (χ3v) is 10.7. The molecule has 1 aliphatic heterocycles. The lowest BCUT2D eigenvalue weighted by atomic mass is 9.79. The zero-order valence-electron chi connectivity index (χ0n) is 35.4. The highest BCUT2D eigenvalue weighted by molar-refractivity contribution is 7.15. The number of carbonyl (C=O) groups is 4. The van der Waals surface area contributed by atoms with E-state index in [1.807, 2.05) is 37.3 Å². The van der Waals surface area contributed by atoms with Crippen LogP contribution in [0.25, 0.3) is 10.4 Å². The molecule has 306 valence electrons. The molecule has 0 amide bonds. The molecule has 0 saturated carbocycles. The number of halogens is 1. The predicted molar refractivity (Wildman–Crippen MR) is 214 cm³/mol. The van der Waals surface area contributed by atoms with Gasteiger partial charge in [0, 0.05) is 16.2 Å². The zero-order valence-corrected chi connectivity index (χ0v) is 36.2. The Balaban J connectivity index is 1.90. The van der Waals surface area contributed by atoms with Crippen LogP contribution >= 0.6 is 11.3 Å². The summed E-state index contributed by atoms with van der Waals surface area (Å²) in [6, 6.07) is 16.2. The van der Waals surface area contributed by atoms with Crippen molar-refractivity contribution in [2.24, 2.45) is 21.7 Å². The molecule has 1 saturated heterocycles. The minimum atomic E-state index is -1.84. The predicted octanol–water partition coefficient (Wildman–Crippen LogP) is 9.75. The first-order chi connectivity index (χ1) is 25.6. The highest BCUT2D eigenvalue weighted by Gasteiger charge is 2.62. The SMILES string of the molecule is Cc1ccc([C@@H]2O[C@H](COC(=O)C(C)(C)C)[C@@H](OC(=O)C(C)(C)C)[C@@](C)(OC(=O)C(C)(C)C)[C@H]2OC(=O)C(C)(C)C)cc1Cc1ccc(-c2ccc(F)cc2)s1. The average Bonchev–Trinajstić information content (AvgIpc) is 3.54. The summed E-state index contributed by atoms with van der Waals surface area (Å²) in [5.74, 6) is -2.65. The Labute approximate surface area is 335 Å². The quantitative estimate of drug-likeness (QED) is 0.154. The number of hydrogen-bond acceptors (Lipinski definition) is 10. The van der Waals surface area contributed by atoms with Gasteiger partial charge in [0.05, 0.1) is 21.7 Å². The number of esters is 4. The Morgan fingerprint density at radius 1 is 0.714 bits per heavy atom. The molecule has 4 rings (SSSR count). The molecule has 1 fully saturated rings. The Morgan fingerprint density at radius 3 is 1.79 bits per heavy atom. The lowest BCUT2D eigenvalue weighted by molar-refractivity contribution is -0.293. The van der Waals surface area contributed by atoms with E-state index in [-0.39, 0.29) is 12.4 Å². The van der Waals surface area contributed by atoms with Crippen LogP contribution < -0.4 is 0 Å². The van der Waals surface area contributed by atoms with Crippen LogP contribution in [0.4, 0.5) is 4.39 Å². The molecule has 0 unspecified atom stereocenters. The second-order valence-corrected chi connectivity index (χ2v) is 20.2. The second kappa shape index (κ2) is 16.4. The van der Waals surface area contributed by atoms with Crippen LogP contribution in [0.3, 0.4) is 0 Å². The summed E-state index contributed by atoms with van der Waals surface area (Å²) in [6.07, 6.45) is -4.36. The topological polar surface area (TPSA) is 114 Å². The van der Waals surface area contributed by atoms with Crippen molar-refractivity contribution in [3.05, 3.63) is 82.0 Å². The maximum Gasteiger partial charge on any atom is 0.312 e. The van der Waals surface area contributed by atoms with Crippen molar-refractivity contribution < 1.29 is 47.3 Å². The standard InChI is InChI=1S/C45H59FO9S/c1-26-15-16-28(23-29(26)24-31-21-22-33(56-31)27-17-19-30(46)20-18-27)34-36(54-39(49)43(8,9)10)45(14,55-40(50)44(11,12)13)35(53-38(48)42(5,6)7)32(52-34)25-51-37(47)41(2,3)4/h15-23,32,34-36H,24-25H2,1-14H3/t32-,34+,35-,36+,45-/m1/s1. The fraction of sp³-hybridized carbons (Fsp3) is 0.556. The maximum atomic E-state index is 13.9. The Bertz CT molecular complexity index is 1900. The van der Waals surface area contributed by atoms with Crippen LogP contribution in [0.15, 0.2) is 54.6 Å². The van der Waals surface area contributed by atoms with Crippen LogP contribution in [0, 0.1) is 34.4 Å². The van der Waals surface area contributed by atoms with Crippen LogP contribution in [0.5, 0.6) is 0 Å². The van der Waals surface area contributed by atoms with Gasteiger partial charge in [-0.25, -0.2) is 4.39 Å². The first-order valence-corrected chi connectivity index (χ1v) is 19.9. The third-order valence-electron chi connectivity index (χ3n) is 9.53. The minimum Gasteiger partial charge on any atom is -0.462 e. The number of thiophene rings is 1. The number of hydrogen-bond donors (Lipinski definition) is 0. The van der Waals surface area contributed by atoms with Crippen LogP contribution in [-0.2, 0) is 49.3 Å². The van der Waals surface area contributed by atoms with E-state index >= 15 is 0 Å². The molecule has 2 aromatic carbocycles. The van der Waals surface area contributed by atoms with E-state index in [2.05, 4.69) is 0 Å². The normalized spacial score (nSPS) is 21.9. The molecule has 11 heteroatoms. The summed E-state index contributed by atoms with van der Waals surface area (Å²) >= 11 is 1.60. The molecule has 0 aliphatic carbocycles. The molecule has 1 aliphatic rings. The van der Waals surface area contributed by atoms with E-state index in [9.17, 15) is 23.6 Å². The van der Waals surface area contributed by atoms with Crippen LogP contribution in [-0.4, -0.2) is 54.4 Å². The molecule has 0 radical (unpaired) electrons. The summed E-state index contributed by atoms with van der Waals surface area (Å²) in [5, 5.41) is 0. The fourth-order valence-electron chi connectivity index (χ4n) is 5.83. The molecule has 9 nitrogen and oxygen atoms in total. The summed E-state index contributed by atoms with van der Waals surface area (Å²) in [7, 11) is 0. The number of rotatable bonds is 9. The van der Waals surface area contributed by atoms with Crippen molar-refractivity contribution in [3.63, 3.8) is 0 Å². The molecule has 0 bridgehead atoms. The Morgan fingerprint density at radius 2 is 1.25 bits per heavy atom. The van der Waals surface area contributed by atoms with Crippen molar-refractivity contribution in [1.29, 1.82) is 0 Å². The van der Waals surface area contributed by atoms with Crippen molar-refractivity contribution in [1.82, 2.24) is 0 Å². The monoisotopic (exact) mass is 794 g/mol. The molecule has 5 atom stereocenters. The van der Waals surface area contributed by atoms with Gasteiger partial charge in [0.25, 0.3) is 0 Å². The lowest BCUT2D eigenvalue weighted by Crippen LogP contribution is -2.68. The molecule has 2 heterocycles. The van der Waals surface area contributed by atoms with Crippen LogP contribution in [0.2, 0.25) is 0 Å². The summed E-state index contributed by atoms with van der Waals surface area (Å²) in [6.45, 7) is 23.7. The average molecular weight is 795 g/mol. The van der Waals surface area contributed by atoms with Gasteiger partial charge in [0.15, 0.2) is 17.8 Å². The minimum absolute atomic E-state index is 0.299. The van der Waals surface area contributed by atoms with Gasteiger partial charge in [-0.1, -0.05) is 30.3 Å². The van der Waals surface area contributed by atoms with E-state index in [0.29, 0.717) is 12.0 Å². The van der Waals surface area contributed by atoms with Crippen molar-refractivity contribution in [2.45, 2.75) is 133 Å². The maximum absolute atomic E-state index is 13.9. The smallest absolute Gasteiger partial charge is 0.312 e. The van der Waals surface area contributed by atoms with Gasteiger partial charge in [-0.15, -0.1) is 11.3 Å². The lowest BCUT2D eigenvalue weighted by Gasteiger charge is -2.52. The fourth-order valence-corrected chi connectivity index (χ4v) is 6.87. The van der Waals surface area contributed by atoms with E-state index in [0.717, 1.165) is 26.4 Å². The number of aryl methyl sites for hydroxylation is 1. The summed E-state index contributed by atoms with van der Waals surface area (Å²) in [5.41, 5.74) is -2.18. The van der Waals surface area contributed by atoms with Gasteiger partial charge in [-0.3, -0.25) is 19.2 Å². The summed E-state index contributed by atoms with van der Waals surface area (Å²) < 4.78 is 45.2. The zero-order chi connectivity index (χ0) is 42.2. The molecule has 0 N–H and O–H groups in total. The van der Waals surface area contributed by atoms with Gasteiger partial charge in [-0.05, 0) is 143 Å².